The fraction of sp³-hybridized carbons (Fsp3) is 0.194. The maximum absolute atomic E-state index is 14.4. The van der Waals surface area contributed by atoms with E-state index in [0.29, 0.717) is 19.4 Å². The van der Waals surface area contributed by atoms with Crippen molar-refractivity contribution in [2.45, 2.75) is 25.5 Å². The molecule has 39 heavy (non-hydrogen) atoms. The van der Waals surface area contributed by atoms with E-state index in [-0.39, 0.29) is 41.9 Å². The summed E-state index contributed by atoms with van der Waals surface area (Å²) in [5.41, 5.74) is 3.15. The summed E-state index contributed by atoms with van der Waals surface area (Å²) in [5, 5.41) is 1.99. The number of hydrogen-bond acceptors (Lipinski definition) is 5. The first-order valence-electron chi connectivity index (χ1n) is 12.9. The molecule has 0 aliphatic carbocycles. The quantitative estimate of drug-likeness (QED) is 0.367. The Labute approximate surface area is 225 Å². The Kier molecular flexibility index (Phi) is 6.67. The fourth-order valence-corrected chi connectivity index (χ4v) is 5.22. The molecular formula is C31H27FN4O3. The van der Waals surface area contributed by atoms with Crippen molar-refractivity contribution in [3.63, 3.8) is 0 Å². The lowest BCUT2D eigenvalue weighted by Gasteiger charge is -2.43. The number of nitrogens with zero attached hydrogens (tertiary/aromatic N) is 4. The molecule has 6 rings (SSSR count). The van der Waals surface area contributed by atoms with Gasteiger partial charge in [-0.25, -0.2) is 4.39 Å². The Bertz CT molecular complexity index is 1590. The van der Waals surface area contributed by atoms with Crippen LogP contribution in [0.25, 0.3) is 0 Å². The molecule has 0 saturated heterocycles. The number of halogens is 1. The van der Waals surface area contributed by atoms with E-state index < -0.39 is 6.04 Å². The topological polar surface area (TPSA) is 67.7 Å². The monoisotopic (exact) mass is 522 g/mol. The molecule has 4 aromatic rings. The Morgan fingerprint density at radius 2 is 1.82 bits per heavy atom. The predicted octanol–water partition coefficient (Wildman–Crippen LogP) is 4.60. The number of aryl methyl sites for hydroxylation is 1. The highest BCUT2D eigenvalue weighted by atomic mass is 19.1. The SMILES string of the molecule is O=C1c2c(OCc3ccccc3)c(=O)ccn2N2CN1C/C=C/CCc1cc(F)ccc1[C@@H]2c1ccccn1. The molecule has 196 valence electrons. The number of ether oxygens (including phenoxy) is 1. The summed E-state index contributed by atoms with van der Waals surface area (Å²) in [6.45, 7) is 0.734. The molecule has 0 unspecified atom stereocenters. The summed E-state index contributed by atoms with van der Waals surface area (Å²) in [6, 6.07) is 21.0. The van der Waals surface area contributed by atoms with E-state index in [4.69, 9.17) is 4.74 Å². The second-order valence-electron chi connectivity index (χ2n) is 9.60. The predicted molar refractivity (Wildman–Crippen MR) is 146 cm³/mol. The maximum Gasteiger partial charge on any atom is 0.278 e. The molecule has 4 heterocycles. The third-order valence-electron chi connectivity index (χ3n) is 7.08. The Hall–Kier alpha value is -4.72. The highest BCUT2D eigenvalue weighted by Gasteiger charge is 2.38. The highest BCUT2D eigenvalue weighted by Crippen LogP contribution is 2.34. The van der Waals surface area contributed by atoms with E-state index in [0.717, 1.165) is 22.4 Å². The lowest BCUT2D eigenvalue weighted by Crippen LogP contribution is -2.55. The molecule has 0 N–H and O–H groups in total. The zero-order valence-corrected chi connectivity index (χ0v) is 21.2. The van der Waals surface area contributed by atoms with Gasteiger partial charge in [-0.05, 0) is 53.8 Å². The fourth-order valence-electron chi connectivity index (χ4n) is 5.22. The summed E-state index contributed by atoms with van der Waals surface area (Å²) < 4.78 is 22.2. The number of pyridine rings is 2. The molecule has 2 bridgehead atoms. The van der Waals surface area contributed by atoms with Crippen molar-refractivity contribution in [3.05, 3.63) is 141 Å². The molecule has 0 saturated carbocycles. The van der Waals surface area contributed by atoms with Crippen molar-refractivity contribution in [2.24, 2.45) is 0 Å². The van der Waals surface area contributed by atoms with Crippen LogP contribution in [0.3, 0.4) is 0 Å². The van der Waals surface area contributed by atoms with Crippen LogP contribution < -0.4 is 15.2 Å². The van der Waals surface area contributed by atoms with Crippen molar-refractivity contribution in [1.29, 1.82) is 0 Å². The number of carbonyl (C=O) groups is 1. The van der Waals surface area contributed by atoms with E-state index in [1.807, 2.05) is 65.7 Å². The van der Waals surface area contributed by atoms with Gasteiger partial charge in [0.2, 0.25) is 5.43 Å². The maximum atomic E-state index is 14.4. The van der Waals surface area contributed by atoms with E-state index in [1.165, 1.54) is 12.1 Å². The van der Waals surface area contributed by atoms with Gasteiger partial charge in [0.15, 0.2) is 11.4 Å². The van der Waals surface area contributed by atoms with Crippen LogP contribution >= 0.6 is 0 Å². The van der Waals surface area contributed by atoms with E-state index in [2.05, 4.69) is 4.98 Å². The first kappa shape index (κ1) is 24.6. The second-order valence-corrected chi connectivity index (χ2v) is 9.60. The average Bonchev–Trinajstić information content (AvgIpc) is 2.99. The zero-order chi connectivity index (χ0) is 26.8. The molecule has 8 heteroatoms. The molecule has 2 aromatic heterocycles. The summed E-state index contributed by atoms with van der Waals surface area (Å²) in [5.74, 6) is -0.600. The van der Waals surface area contributed by atoms with Gasteiger partial charge < -0.3 is 9.64 Å². The summed E-state index contributed by atoms with van der Waals surface area (Å²) in [7, 11) is 0. The lowest BCUT2D eigenvalue weighted by atomic mass is 9.94. The van der Waals surface area contributed by atoms with Crippen LogP contribution in [0.2, 0.25) is 0 Å². The standard InChI is InChI=1S/C31H27FN4O3/c32-24-13-14-25-23(19-24)11-5-2-8-17-34-21-36(28(25)26-12-6-7-16-33-26)35-18-15-27(37)30(29(35)31(34)38)39-20-22-9-3-1-4-10-22/h1-4,6-10,12-16,18-19,28H,5,11,17,20-21H2/b8-2+/t28-/m1/s1. The van der Waals surface area contributed by atoms with Crippen LogP contribution in [0.4, 0.5) is 4.39 Å². The molecular weight excluding hydrogens is 495 g/mol. The minimum Gasteiger partial charge on any atom is -0.482 e. The molecule has 0 spiro atoms. The average molecular weight is 523 g/mol. The minimum atomic E-state index is -0.460. The van der Waals surface area contributed by atoms with Crippen molar-refractivity contribution < 1.29 is 13.9 Å². The number of allylic oxidation sites excluding steroid dienone is 1. The summed E-state index contributed by atoms with van der Waals surface area (Å²) in [4.78, 5) is 33.3. The van der Waals surface area contributed by atoms with E-state index >= 15 is 0 Å². The Balaban J connectivity index is 1.55. The van der Waals surface area contributed by atoms with Crippen LogP contribution in [0.1, 0.15) is 45.3 Å². The number of fused-ring (bicyclic) bond motifs is 5. The van der Waals surface area contributed by atoms with E-state index in [1.54, 1.807) is 34.1 Å². The third kappa shape index (κ3) is 4.81. The number of aromatic nitrogens is 2. The van der Waals surface area contributed by atoms with Gasteiger partial charge in [0, 0.05) is 25.0 Å². The zero-order valence-electron chi connectivity index (χ0n) is 21.2. The number of benzene rings is 2. The van der Waals surface area contributed by atoms with Gasteiger partial charge in [0.05, 0.1) is 5.69 Å². The normalized spacial score (nSPS) is 17.6. The van der Waals surface area contributed by atoms with Gasteiger partial charge in [0.25, 0.3) is 5.91 Å². The van der Waals surface area contributed by atoms with Gasteiger partial charge in [-0.15, -0.1) is 0 Å². The van der Waals surface area contributed by atoms with Crippen molar-refractivity contribution in [2.75, 3.05) is 18.2 Å². The number of carbonyl (C=O) groups excluding carboxylic acids is 1. The van der Waals surface area contributed by atoms with Gasteiger partial charge in [0.1, 0.15) is 25.1 Å². The van der Waals surface area contributed by atoms with Gasteiger partial charge in [-0.1, -0.05) is 54.6 Å². The molecule has 2 aliphatic rings. The summed E-state index contributed by atoms with van der Waals surface area (Å²) in [6.07, 6.45) is 8.61. The number of amides is 1. The summed E-state index contributed by atoms with van der Waals surface area (Å²) >= 11 is 0. The van der Waals surface area contributed by atoms with Gasteiger partial charge in [-0.3, -0.25) is 24.3 Å². The van der Waals surface area contributed by atoms with Crippen LogP contribution in [0.15, 0.2) is 102 Å². The van der Waals surface area contributed by atoms with Crippen molar-refractivity contribution in [1.82, 2.24) is 14.6 Å². The van der Waals surface area contributed by atoms with Crippen molar-refractivity contribution >= 4 is 5.91 Å². The van der Waals surface area contributed by atoms with Gasteiger partial charge >= 0.3 is 0 Å². The van der Waals surface area contributed by atoms with Crippen LogP contribution in [0, 0.1) is 5.82 Å². The smallest absolute Gasteiger partial charge is 0.278 e. The number of hydrogen-bond donors (Lipinski definition) is 0. The molecule has 7 nitrogen and oxygen atoms in total. The lowest BCUT2D eigenvalue weighted by molar-refractivity contribution is 0.0697. The molecule has 1 amide bonds. The third-order valence-corrected chi connectivity index (χ3v) is 7.08. The first-order valence-corrected chi connectivity index (χ1v) is 12.9. The highest BCUT2D eigenvalue weighted by molar-refractivity contribution is 5.96. The Morgan fingerprint density at radius 1 is 0.974 bits per heavy atom. The molecule has 2 aromatic carbocycles. The second kappa shape index (κ2) is 10.6. The van der Waals surface area contributed by atoms with Crippen LogP contribution in [0.5, 0.6) is 5.75 Å². The van der Waals surface area contributed by atoms with Gasteiger partial charge in [-0.2, -0.15) is 0 Å². The molecule has 0 radical (unpaired) electrons. The van der Waals surface area contributed by atoms with E-state index in [9.17, 15) is 14.0 Å². The molecule has 1 atom stereocenters. The van der Waals surface area contributed by atoms with Crippen LogP contribution in [-0.4, -0.2) is 33.7 Å². The minimum absolute atomic E-state index is 0.000921. The number of rotatable bonds is 4. The largest absolute Gasteiger partial charge is 0.482 e. The molecule has 0 fully saturated rings. The van der Waals surface area contributed by atoms with Crippen molar-refractivity contribution in [3.8, 4) is 5.75 Å². The Morgan fingerprint density at radius 3 is 2.64 bits per heavy atom. The first-order chi connectivity index (χ1) is 19.1. The molecule has 2 aliphatic heterocycles. The van der Waals surface area contributed by atoms with Crippen LogP contribution in [-0.2, 0) is 13.0 Å².